The van der Waals surface area contributed by atoms with Crippen molar-refractivity contribution in [1.82, 2.24) is 0 Å². The topological polar surface area (TPSA) is 12.4 Å². The first-order chi connectivity index (χ1) is 5.11. The fraction of sp³-hybridized carbons (Fsp3) is 0.700. The van der Waals surface area contributed by atoms with Gasteiger partial charge in [-0.05, 0) is 34.1 Å². The van der Waals surface area contributed by atoms with Crippen LogP contribution in [0.25, 0.3) is 0 Å². The van der Waals surface area contributed by atoms with Gasteiger partial charge in [0.05, 0.1) is 6.04 Å². The summed E-state index contributed by atoms with van der Waals surface area (Å²) in [7, 11) is 0. The van der Waals surface area contributed by atoms with Crippen molar-refractivity contribution >= 4 is 5.71 Å². The smallest absolute Gasteiger partial charge is 0.0677 e. The van der Waals surface area contributed by atoms with E-state index in [1.54, 1.807) is 0 Å². The molecule has 0 fully saturated rings. The van der Waals surface area contributed by atoms with Gasteiger partial charge in [0.25, 0.3) is 0 Å². The summed E-state index contributed by atoms with van der Waals surface area (Å²) < 4.78 is 0. The molecule has 64 valence electrons. The average molecular weight is 153 g/mol. The lowest BCUT2D eigenvalue weighted by molar-refractivity contribution is 0.852. The number of allylic oxidation sites excluding steroid dienone is 1. The van der Waals surface area contributed by atoms with Gasteiger partial charge in [-0.2, -0.15) is 0 Å². The molecule has 0 heterocycles. The van der Waals surface area contributed by atoms with Crippen LogP contribution in [0.4, 0.5) is 0 Å². The van der Waals surface area contributed by atoms with E-state index in [0.717, 1.165) is 6.42 Å². The molecule has 0 N–H and O–H groups in total. The van der Waals surface area contributed by atoms with Gasteiger partial charge in [0, 0.05) is 5.71 Å². The molecule has 0 aliphatic heterocycles. The van der Waals surface area contributed by atoms with Crippen LogP contribution in [0, 0.1) is 0 Å². The highest BCUT2D eigenvalue weighted by molar-refractivity contribution is 5.81. The van der Waals surface area contributed by atoms with E-state index >= 15 is 0 Å². The average Bonchev–Trinajstić information content (AvgIpc) is 2.02. The minimum absolute atomic E-state index is 0.361. The largest absolute Gasteiger partial charge is 0.287 e. The van der Waals surface area contributed by atoms with E-state index in [1.807, 2.05) is 0 Å². The Morgan fingerprint density at radius 2 is 2.00 bits per heavy atom. The van der Waals surface area contributed by atoms with Crippen molar-refractivity contribution in [3.05, 3.63) is 11.6 Å². The number of hydrogen-bond acceptors (Lipinski definition) is 1. The first-order valence-electron chi connectivity index (χ1n) is 4.27. The molecule has 1 nitrogen and oxygen atoms in total. The molecule has 0 radical (unpaired) electrons. The molecule has 0 aromatic carbocycles. The molecule has 0 aromatic rings. The number of nitrogens with zero attached hydrogens (tertiary/aromatic N) is 1. The summed E-state index contributed by atoms with van der Waals surface area (Å²) in [4.78, 5) is 4.51. The lowest BCUT2D eigenvalue weighted by atomic mass is 10.1. The van der Waals surface area contributed by atoms with Gasteiger partial charge in [-0.3, -0.25) is 4.99 Å². The van der Waals surface area contributed by atoms with Crippen molar-refractivity contribution in [2.24, 2.45) is 4.99 Å². The van der Waals surface area contributed by atoms with E-state index in [0.29, 0.717) is 6.04 Å². The molecule has 0 bridgehead atoms. The highest BCUT2D eigenvalue weighted by Crippen LogP contribution is 2.05. The minimum Gasteiger partial charge on any atom is -0.287 e. The van der Waals surface area contributed by atoms with Gasteiger partial charge in [0.15, 0.2) is 0 Å². The summed E-state index contributed by atoms with van der Waals surface area (Å²) >= 11 is 0. The standard InChI is InChI=1S/C10H19N/c1-6-8(3)10(5)11-9(4)7-2/h6,10H,7H2,1-5H3/b8-6+,11-9+/t10-/m1/s1. The van der Waals surface area contributed by atoms with Crippen molar-refractivity contribution in [3.8, 4) is 0 Å². The van der Waals surface area contributed by atoms with Crippen LogP contribution in [0.5, 0.6) is 0 Å². The third-order valence-electron chi connectivity index (χ3n) is 2.04. The molecule has 0 aliphatic carbocycles. The van der Waals surface area contributed by atoms with E-state index in [-0.39, 0.29) is 0 Å². The lowest BCUT2D eigenvalue weighted by Crippen LogP contribution is -2.03. The van der Waals surface area contributed by atoms with Gasteiger partial charge < -0.3 is 0 Å². The van der Waals surface area contributed by atoms with E-state index in [9.17, 15) is 0 Å². The maximum atomic E-state index is 4.51. The summed E-state index contributed by atoms with van der Waals surface area (Å²) in [5.74, 6) is 0. The monoisotopic (exact) mass is 153 g/mol. The number of aliphatic imine (C=N–C) groups is 1. The molecule has 0 aliphatic rings. The third-order valence-corrected chi connectivity index (χ3v) is 2.04. The zero-order valence-corrected chi connectivity index (χ0v) is 8.31. The zero-order chi connectivity index (χ0) is 8.85. The molecular formula is C10H19N. The van der Waals surface area contributed by atoms with Crippen LogP contribution >= 0.6 is 0 Å². The van der Waals surface area contributed by atoms with Crippen molar-refractivity contribution in [2.45, 2.75) is 47.1 Å². The maximum Gasteiger partial charge on any atom is 0.0677 e. The summed E-state index contributed by atoms with van der Waals surface area (Å²) in [5.41, 5.74) is 2.58. The molecule has 0 saturated carbocycles. The first kappa shape index (κ1) is 10.4. The highest BCUT2D eigenvalue weighted by Gasteiger charge is 1.99. The van der Waals surface area contributed by atoms with Crippen LogP contribution in [-0.4, -0.2) is 11.8 Å². The summed E-state index contributed by atoms with van der Waals surface area (Å²) in [5, 5.41) is 0. The number of rotatable bonds is 3. The predicted octanol–water partition coefficient (Wildman–Crippen LogP) is 3.21. The Labute approximate surface area is 70.2 Å². The Balaban J connectivity index is 4.16. The van der Waals surface area contributed by atoms with Gasteiger partial charge in [0.1, 0.15) is 0 Å². The molecule has 1 heteroatoms. The van der Waals surface area contributed by atoms with Gasteiger partial charge in [-0.1, -0.05) is 18.6 Å². The van der Waals surface area contributed by atoms with Crippen molar-refractivity contribution in [2.75, 3.05) is 0 Å². The van der Waals surface area contributed by atoms with Crippen molar-refractivity contribution in [3.63, 3.8) is 0 Å². The van der Waals surface area contributed by atoms with Crippen LogP contribution < -0.4 is 0 Å². The SMILES string of the molecule is C/C=C(\C)[C@@H](C)/N=C(\C)CC. The minimum atomic E-state index is 0.361. The van der Waals surface area contributed by atoms with Crippen LogP contribution in [0.2, 0.25) is 0 Å². The number of hydrogen-bond donors (Lipinski definition) is 0. The van der Waals surface area contributed by atoms with E-state index < -0.39 is 0 Å². The van der Waals surface area contributed by atoms with Crippen LogP contribution in [0.15, 0.2) is 16.6 Å². The molecule has 0 amide bonds. The van der Waals surface area contributed by atoms with E-state index in [2.05, 4.69) is 45.7 Å². The maximum absolute atomic E-state index is 4.51. The second-order valence-electron chi connectivity index (χ2n) is 2.93. The molecule has 0 aromatic heterocycles. The Bertz CT molecular complexity index is 166. The summed E-state index contributed by atoms with van der Waals surface area (Å²) in [6.07, 6.45) is 3.18. The zero-order valence-electron chi connectivity index (χ0n) is 8.31. The second-order valence-corrected chi connectivity index (χ2v) is 2.93. The fourth-order valence-electron chi connectivity index (χ4n) is 0.765. The highest BCUT2D eigenvalue weighted by atomic mass is 14.8. The van der Waals surface area contributed by atoms with Crippen molar-refractivity contribution in [1.29, 1.82) is 0 Å². The molecule has 1 atom stereocenters. The van der Waals surface area contributed by atoms with Gasteiger partial charge >= 0.3 is 0 Å². The van der Waals surface area contributed by atoms with Crippen LogP contribution in [0.3, 0.4) is 0 Å². The quantitative estimate of drug-likeness (QED) is 0.436. The molecular weight excluding hydrogens is 134 g/mol. The van der Waals surface area contributed by atoms with Crippen LogP contribution in [-0.2, 0) is 0 Å². The Morgan fingerprint density at radius 3 is 2.36 bits per heavy atom. The Morgan fingerprint density at radius 1 is 1.45 bits per heavy atom. The van der Waals surface area contributed by atoms with Gasteiger partial charge in [-0.25, -0.2) is 0 Å². The second kappa shape index (κ2) is 5.11. The van der Waals surface area contributed by atoms with Crippen molar-refractivity contribution < 1.29 is 0 Å². The lowest BCUT2D eigenvalue weighted by Gasteiger charge is -2.07. The third kappa shape index (κ3) is 3.97. The fourth-order valence-corrected chi connectivity index (χ4v) is 0.765. The molecule has 0 unspecified atom stereocenters. The predicted molar refractivity (Wildman–Crippen MR) is 52.3 cm³/mol. The molecule has 11 heavy (non-hydrogen) atoms. The summed E-state index contributed by atoms with van der Waals surface area (Å²) in [6.45, 7) is 10.5. The van der Waals surface area contributed by atoms with E-state index in [1.165, 1.54) is 11.3 Å². The van der Waals surface area contributed by atoms with Gasteiger partial charge in [0.2, 0.25) is 0 Å². The van der Waals surface area contributed by atoms with Gasteiger partial charge in [-0.15, -0.1) is 0 Å². The molecule has 0 rings (SSSR count). The van der Waals surface area contributed by atoms with E-state index in [4.69, 9.17) is 0 Å². The van der Waals surface area contributed by atoms with Crippen LogP contribution in [0.1, 0.15) is 41.0 Å². The Kier molecular flexibility index (Phi) is 4.84. The summed E-state index contributed by atoms with van der Waals surface area (Å²) in [6, 6.07) is 0.361. The molecule has 0 spiro atoms. The normalized spacial score (nSPS) is 16.8. The Hall–Kier alpha value is -0.590. The molecule has 0 saturated heterocycles. The first-order valence-corrected chi connectivity index (χ1v) is 4.27.